The summed E-state index contributed by atoms with van der Waals surface area (Å²) in [7, 11) is 0. The predicted octanol–water partition coefficient (Wildman–Crippen LogP) is 3.08. The fourth-order valence-electron chi connectivity index (χ4n) is 2.17. The van der Waals surface area contributed by atoms with Crippen molar-refractivity contribution in [3.63, 3.8) is 0 Å². The molecule has 2 rings (SSSR count). The molecule has 1 heterocycles. The van der Waals surface area contributed by atoms with Crippen molar-refractivity contribution >= 4 is 23.5 Å². The lowest BCUT2D eigenvalue weighted by molar-refractivity contribution is 0.196. The number of amides is 2. The quantitative estimate of drug-likeness (QED) is 0.911. The van der Waals surface area contributed by atoms with Crippen LogP contribution in [0.3, 0.4) is 0 Å². The largest absolute Gasteiger partial charge is 0.324 e. The summed E-state index contributed by atoms with van der Waals surface area (Å²) < 4.78 is 12.4. The summed E-state index contributed by atoms with van der Waals surface area (Å²) in [5.41, 5.74) is 0.568. The number of benzene rings is 1. The second-order valence-electron chi connectivity index (χ2n) is 4.73. The van der Waals surface area contributed by atoms with Gasteiger partial charge in [-0.05, 0) is 43.4 Å². The summed E-state index contributed by atoms with van der Waals surface area (Å²) in [6.45, 7) is 1.11. The zero-order valence-electron chi connectivity index (χ0n) is 11.2. The third kappa shape index (κ3) is 3.23. The number of nitrogens with one attached hydrogen (secondary N) is 1. The number of anilines is 1. The minimum absolute atomic E-state index is 0.204. The van der Waals surface area contributed by atoms with Crippen molar-refractivity contribution in [2.75, 3.05) is 24.7 Å². The molecule has 6 heteroatoms. The fourth-order valence-corrected chi connectivity index (χ4v) is 2.85. The van der Waals surface area contributed by atoms with Gasteiger partial charge in [0.25, 0.3) is 0 Å². The first-order chi connectivity index (χ1) is 9.58. The Balaban J connectivity index is 1.92. The highest BCUT2D eigenvalue weighted by molar-refractivity contribution is 8.00. The molecule has 0 aromatic heterocycles. The summed E-state index contributed by atoms with van der Waals surface area (Å²) in [5, 5.41) is 11.9. The van der Waals surface area contributed by atoms with E-state index in [9.17, 15) is 14.4 Å². The first-order valence-electron chi connectivity index (χ1n) is 6.36. The first-order valence-corrected chi connectivity index (χ1v) is 7.59. The number of likely N-dealkylation sites (tertiary alicyclic amines) is 1. The molecule has 20 heavy (non-hydrogen) atoms. The van der Waals surface area contributed by atoms with Crippen molar-refractivity contribution in [3.8, 4) is 6.07 Å². The Morgan fingerprint density at radius 1 is 1.40 bits per heavy atom. The van der Waals surface area contributed by atoms with Gasteiger partial charge in [-0.3, -0.25) is 0 Å². The second kappa shape index (κ2) is 6.14. The van der Waals surface area contributed by atoms with Gasteiger partial charge < -0.3 is 10.2 Å². The van der Waals surface area contributed by atoms with Crippen LogP contribution in [0.5, 0.6) is 0 Å². The smallest absolute Gasteiger partial charge is 0.321 e. The Hall–Kier alpha value is -1.74. The van der Waals surface area contributed by atoms with E-state index in [1.54, 1.807) is 16.7 Å². The summed E-state index contributed by atoms with van der Waals surface area (Å²) in [6, 6.07) is 7.81. The lowest BCUT2D eigenvalue weighted by Gasteiger charge is -2.36. The Morgan fingerprint density at radius 2 is 2.00 bits per heavy atom. The van der Waals surface area contributed by atoms with Gasteiger partial charge in [0.05, 0.1) is 6.07 Å². The maximum Gasteiger partial charge on any atom is 0.321 e. The topological polar surface area (TPSA) is 56.1 Å². The number of thioether (sulfide) groups is 1. The van der Waals surface area contributed by atoms with Gasteiger partial charge in [-0.15, -0.1) is 11.8 Å². The maximum absolute atomic E-state index is 12.8. The average Bonchev–Trinajstić information content (AvgIpc) is 2.49. The van der Waals surface area contributed by atoms with Crippen molar-refractivity contribution in [2.24, 2.45) is 0 Å². The standard InChI is InChI=1S/C14H16FN3OS/c1-20-14(10-16)6-8-18(9-7-14)13(19)17-12-4-2-11(15)3-5-12/h2-5H,6-9H2,1H3,(H,17,19). The number of nitriles is 1. The maximum atomic E-state index is 12.8. The number of halogens is 1. The molecule has 106 valence electrons. The second-order valence-corrected chi connectivity index (χ2v) is 5.92. The van der Waals surface area contributed by atoms with Gasteiger partial charge >= 0.3 is 6.03 Å². The van der Waals surface area contributed by atoms with Crippen molar-refractivity contribution in [1.82, 2.24) is 4.90 Å². The number of carbonyl (C=O) groups excluding carboxylic acids is 1. The van der Waals surface area contributed by atoms with Crippen LogP contribution in [0.4, 0.5) is 14.9 Å². The van der Waals surface area contributed by atoms with E-state index in [1.807, 2.05) is 6.26 Å². The van der Waals surface area contributed by atoms with Gasteiger partial charge in [0.1, 0.15) is 10.6 Å². The Kier molecular flexibility index (Phi) is 4.50. The highest BCUT2D eigenvalue weighted by atomic mass is 32.2. The predicted molar refractivity (Wildman–Crippen MR) is 78.1 cm³/mol. The van der Waals surface area contributed by atoms with Crippen LogP contribution in [0.2, 0.25) is 0 Å². The molecule has 1 fully saturated rings. The molecule has 1 N–H and O–H groups in total. The highest BCUT2D eigenvalue weighted by Crippen LogP contribution is 2.33. The van der Waals surface area contributed by atoms with Gasteiger partial charge in [-0.2, -0.15) is 5.26 Å². The first kappa shape index (κ1) is 14.7. The molecule has 0 aliphatic carbocycles. The molecule has 0 bridgehead atoms. The van der Waals surface area contributed by atoms with E-state index in [-0.39, 0.29) is 16.6 Å². The van der Waals surface area contributed by atoms with Crippen LogP contribution < -0.4 is 5.32 Å². The molecular formula is C14H16FN3OS. The van der Waals surface area contributed by atoms with Crippen LogP contribution in [0.25, 0.3) is 0 Å². The summed E-state index contributed by atoms with van der Waals surface area (Å²) in [4.78, 5) is 13.8. The minimum atomic E-state index is -0.368. The van der Waals surface area contributed by atoms with E-state index in [1.165, 1.54) is 24.3 Å². The van der Waals surface area contributed by atoms with Gasteiger partial charge in [0.2, 0.25) is 0 Å². The molecule has 1 aromatic rings. The van der Waals surface area contributed by atoms with E-state index in [4.69, 9.17) is 0 Å². The molecule has 1 aliphatic rings. The summed E-state index contributed by atoms with van der Waals surface area (Å²) >= 11 is 1.55. The molecule has 0 radical (unpaired) electrons. The lowest BCUT2D eigenvalue weighted by Crippen LogP contribution is -2.46. The van der Waals surface area contributed by atoms with Crippen LogP contribution in [0, 0.1) is 17.1 Å². The van der Waals surface area contributed by atoms with E-state index in [0.717, 1.165) is 0 Å². The third-order valence-electron chi connectivity index (χ3n) is 3.55. The minimum Gasteiger partial charge on any atom is -0.324 e. The van der Waals surface area contributed by atoms with Crippen LogP contribution in [-0.2, 0) is 0 Å². The number of urea groups is 1. The molecule has 1 aromatic carbocycles. The lowest BCUT2D eigenvalue weighted by atomic mass is 9.97. The summed E-state index contributed by atoms with van der Waals surface area (Å²) in [5.74, 6) is -0.334. The SMILES string of the molecule is CSC1(C#N)CCN(C(=O)Nc2ccc(F)cc2)CC1. The molecule has 4 nitrogen and oxygen atoms in total. The third-order valence-corrected chi connectivity index (χ3v) is 4.83. The molecule has 0 atom stereocenters. The molecule has 1 aliphatic heterocycles. The molecule has 0 spiro atoms. The van der Waals surface area contributed by atoms with Crippen molar-refractivity contribution in [2.45, 2.75) is 17.6 Å². The van der Waals surface area contributed by atoms with Crippen molar-refractivity contribution in [3.05, 3.63) is 30.1 Å². The Morgan fingerprint density at radius 3 is 2.50 bits per heavy atom. The van der Waals surface area contributed by atoms with E-state index >= 15 is 0 Å². The highest BCUT2D eigenvalue weighted by Gasteiger charge is 2.35. The summed E-state index contributed by atoms with van der Waals surface area (Å²) in [6.07, 6.45) is 3.26. The zero-order valence-corrected chi connectivity index (χ0v) is 12.0. The molecule has 2 amide bonds. The van der Waals surface area contributed by atoms with E-state index < -0.39 is 0 Å². The number of hydrogen-bond acceptors (Lipinski definition) is 3. The average molecular weight is 293 g/mol. The van der Waals surface area contributed by atoms with Crippen LogP contribution in [0.15, 0.2) is 24.3 Å². The van der Waals surface area contributed by atoms with Crippen LogP contribution in [0.1, 0.15) is 12.8 Å². The Bertz CT molecular complexity index is 518. The molecule has 0 saturated carbocycles. The fraction of sp³-hybridized carbons (Fsp3) is 0.429. The number of nitrogens with zero attached hydrogens (tertiary/aromatic N) is 2. The number of piperidine rings is 1. The number of carbonyl (C=O) groups is 1. The molecule has 0 unspecified atom stereocenters. The van der Waals surface area contributed by atoms with Gasteiger partial charge in [-0.25, -0.2) is 9.18 Å². The van der Waals surface area contributed by atoms with Crippen molar-refractivity contribution < 1.29 is 9.18 Å². The van der Waals surface area contributed by atoms with Gasteiger partial charge in [-0.1, -0.05) is 0 Å². The number of hydrogen-bond donors (Lipinski definition) is 1. The van der Waals surface area contributed by atoms with Crippen LogP contribution >= 0.6 is 11.8 Å². The molecule has 1 saturated heterocycles. The van der Waals surface area contributed by atoms with Crippen LogP contribution in [-0.4, -0.2) is 35.0 Å². The Labute approximate surface area is 121 Å². The van der Waals surface area contributed by atoms with E-state index in [2.05, 4.69) is 11.4 Å². The monoisotopic (exact) mass is 293 g/mol. The zero-order chi connectivity index (χ0) is 14.6. The van der Waals surface area contributed by atoms with Crippen molar-refractivity contribution in [1.29, 1.82) is 5.26 Å². The van der Waals surface area contributed by atoms with Gasteiger partial charge in [0.15, 0.2) is 0 Å². The number of rotatable bonds is 2. The van der Waals surface area contributed by atoms with E-state index in [0.29, 0.717) is 31.6 Å². The molecular weight excluding hydrogens is 277 g/mol. The normalized spacial score (nSPS) is 17.4. The van der Waals surface area contributed by atoms with Gasteiger partial charge in [0, 0.05) is 18.8 Å².